The Bertz CT molecular complexity index is 1420. The van der Waals surface area contributed by atoms with Crippen LogP contribution >= 0.6 is 0 Å². The normalized spacial score (nSPS) is 11.0. The van der Waals surface area contributed by atoms with Gasteiger partial charge >= 0.3 is 0 Å². The quantitative estimate of drug-likeness (QED) is 0.347. The Balaban J connectivity index is 1.27. The number of nitrogens with zero attached hydrogens (tertiary/aromatic N) is 2. The average molecular weight is 451 g/mol. The summed E-state index contributed by atoms with van der Waals surface area (Å²) in [6.45, 7) is 1.34. The number of aromatic nitrogens is 3. The zero-order valence-corrected chi connectivity index (χ0v) is 19.0. The van der Waals surface area contributed by atoms with Crippen molar-refractivity contribution in [3.8, 4) is 17.0 Å². The van der Waals surface area contributed by atoms with Gasteiger partial charge in [0.2, 0.25) is 0 Å². The molecule has 0 atom stereocenters. The van der Waals surface area contributed by atoms with Crippen LogP contribution < -0.4 is 10.1 Å². The number of methoxy groups -OCH3 is 1. The van der Waals surface area contributed by atoms with Gasteiger partial charge in [0.05, 0.1) is 12.8 Å². The van der Waals surface area contributed by atoms with Gasteiger partial charge in [0.1, 0.15) is 11.4 Å². The first-order valence-electron chi connectivity index (χ1n) is 11.3. The second-order valence-corrected chi connectivity index (χ2v) is 8.16. The predicted octanol–water partition coefficient (Wildman–Crippen LogP) is 5.06. The minimum atomic E-state index is -0.179. The Kier molecular flexibility index (Phi) is 6.12. The maximum absolute atomic E-state index is 12.7. The van der Waals surface area contributed by atoms with E-state index in [-0.39, 0.29) is 5.91 Å². The number of fused-ring (bicyclic) bond motifs is 1. The summed E-state index contributed by atoms with van der Waals surface area (Å²) in [5.74, 6) is 0.537. The topological polar surface area (TPSA) is 71.9 Å². The number of aromatic amines is 1. The molecule has 0 spiro atoms. The number of hydrogen-bond acceptors (Lipinski definition) is 3. The van der Waals surface area contributed by atoms with E-state index in [2.05, 4.69) is 74.8 Å². The van der Waals surface area contributed by atoms with Crippen molar-refractivity contribution < 1.29 is 9.53 Å². The highest BCUT2D eigenvalue weighted by atomic mass is 16.5. The number of carbonyl (C=O) groups excluding carboxylic acids is 1. The lowest BCUT2D eigenvalue weighted by molar-refractivity contribution is 0.0949. The van der Waals surface area contributed by atoms with Crippen LogP contribution in [0, 0.1) is 0 Å². The minimum Gasteiger partial charge on any atom is -0.496 e. The van der Waals surface area contributed by atoms with Crippen LogP contribution in [-0.4, -0.2) is 34.3 Å². The molecule has 0 aliphatic carbocycles. The summed E-state index contributed by atoms with van der Waals surface area (Å²) in [4.78, 5) is 12.7. The zero-order valence-electron chi connectivity index (χ0n) is 19.0. The Morgan fingerprint density at radius 3 is 2.62 bits per heavy atom. The second kappa shape index (κ2) is 9.67. The van der Waals surface area contributed by atoms with Crippen molar-refractivity contribution in [3.63, 3.8) is 0 Å². The van der Waals surface area contributed by atoms with Crippen molar-refractivity contribution in [3.05, 3.63) is 108 Å². The van der Waals surface area contributed by atoms with Crippen LogP contribution in [-0.2, 0) is 13.0 Å². The van der Waals surface area contributed by atoms with Gasteiger partial charge in [-0.05, 0) is 41.8 Å². The number of carbonyl (C=O) groups is 1. The number of para-hydroxylation sites is 2. The number of amides is 1. The molecule has 0 unspecified atom stereocenters. The number of rotatable bonds is 8. The van der Waals surface area contributed by atoms with E-state index >= 15 is 0 Å². The summed E-state index contributed by atoms with van der Waals surface area (Å²) in [5, 5.41) is 11.4. The van der Waals surface area contributed by atoms with E-state index in [4.69, 9.17) is 4.74 Å². The predicted molar refractivity (Wildman–Crippen MR) is 134 cm³/mol. The first-order valence-corrected chi connectivity index (χ1v) is 11.3. The number of benzene rings is 3. The van der Waals surface area contributed by atoms with Crippen LogP contribution in [0.5, 0.6) is 5.75 Å². The summed E-state index contributed by atoms with van der Waals surface area (Å²) >= 11 is 0. The van der Waals surface area contributed by atoms with Gasteiger partial charge in [-0.3, -0.25) is 9.89 Å². The fourth-order valence-corrected chi connectivity index (χ4v) is 4.27. The van der Waals surface area contributed by atoms with Crippen molar-refractivity contribution >= 4 is 16.8 Å². The maximum atomic E-state index is 12.7. The second-order valence-electron chi connectivity index (χ2n) is 8.16. The fourth-order valence-electron chi connectivity index (χ4n) is 4.27. The Morgan fingerprint density at radius 1 is 1.00 bits per heavy atom. The molecule has 2 heterocycles. The van der Waals surface area contributed by atoms with Crippen LogP contribution in [0.4, 0.5) is 0 Å². The SMILES string of the molecule is COc1ccccc1-c1cc(C(=O)NCCc2cn(Cc3ccccc3)c3ccccc23)[nH]n1. The summed E-state index contributed by atoms with van der Waals surface area (Å²) < 4.78 is 7.68. The first-order chi connectivity index (χ1) is 16.7. The fraction of sp³-hybridized carbons (Fsp3) is 0.143. The lowest BCUT2D eigenvalue weighted by Gasteiger charge is -2.05. The number of nitrogens with one attached hydrogen (secondary N) is 2. The van der Waals surface area contributed by atoms with Crippen molar-refractivity contribution in [2.24, 2.45) is 0 Å². The molecule has 0 saturated carbocycles. The molecule has 5 aromatic rings. The molecule has 6 nitrogen and oxygen atoms in total. The Morgan fingerprint density at radius 2 is 1.76 bits per heavy atom. The van der Waals surface area contributed by atoms with E-state index in [0.29, 0.717) is 23.7 Å². The van der Waals surface area contributed by atoms with Crippen LogP contribution in [0.25, 0.3) is 22.2 Å². The summed E-state index contributed by atoms with van der Waals surface area (Å²) in [6.07, 6.45) is 2.93. The molecule has 0 saturated heterocycles. The van der Waals surface area contributed by atoms with Gasteiger partial charge in [0.25, 0.3) is 5.91 Å². The highest BCUT2D eigenvalue weighted by Gasteiger charge is 2.14. The van der Waals surface area contributed by atoms with Gasteiger partial charge in [-0.2, -0.15) is 5.10 Å². The smallest absolute Gasteiger partial charge is 0.269 e. The first kappa shape index (κ1) is 21.5. The zero-order chi connectivity index (χ0) is 23.3. The van der Waals surface area contributed by atoms with Crippen LogP contribution in [0.3, 0.4) is 0 Å². The molecule has 170 valence electrons. The van der Waals surface area contributed by atoms with E-state index < -0.39 is 0 Å². The van der Waals surface area contributed by atoms with E-state index in [0.717, 1.165) is 18.5 Å². The molecule has 5 rings (SSSR count). The summed E-state index contributed by atoms with van der Waals surface area (Å²) in [5.41, 5.74) is 5.60. The molecule has 0 bridgehead atoms. The molecule has 1 amide bonds. The van der Waals surface area contributed by atoms with Gasteiger partial charge in [0.15, 0.2) is 0 Å². The van der Waals surface area contributed by atoms with Crippen molar-refractivity contribution in [2.75, 3.05) is 13.7 Å². The molecular weight excluding hydrogens is 424 g/mol. The lowest BCUT2D eigenvalue weighted by atomic mass is 10.1. The third kappa shape index (κ3) is 4.43. The van der Waals surface area contributed by atoms with Gasteiger partial charge < -0.3 is 14.6 Å². The van der Waals surface area contributed by atoms with E-state index in [1.165, 1.54) is 22.0 Å². The molecule has 6 heteroatoms. The van der Waals surface area contributed by atoms with Crippen molar-refractivity contribution in [2.45, 2.75) is 13.0 Å². The summed E-state index contributed by atoms with van der Waals surface area (Å²) in [6, 6.07) is 28.2. The number of H-pyrrole nitrogens is 1. The molecule has 0 aliphatic heterocycles. The molecule has 2 N–H and O–H groups in total. The van der Waals surface area contributed by atoms with E-state index in [1.54, 1.807) is 13.2 Å². The third-order valence-electron chi connectivity index (χ3n) is 5.95. The van der Waals surface area contributed by atoms with E-state index in [9.17, 15) is 4.79 Å². The Hall–Kier alpha value is -4.32. The number of ether oxygens (including phenoxy) is 1. The molecule has 2 aromatic heterocycles. The molecule has 34 heavy (non-hydrogen) atoms. The molecule has 3 aromatic carbocycles. The van der Waals surface area contributed by atoms with Crippen molar-refractivity contribution in [1.82, 2.24) is 20.1 Å². The molecule has 0 radical (unpaired) electrons. The molecule has 0 fully saturated rings. The molecular formula is C28H26N4O2. The Labute approximate surface area is 198 Å². The highest BCUT2D eigenvalue weighted by Crippen LogP contribution is 2.28. The van der Waals surface area contributed by atoms with Gasteiger partial charge in [-0.1, -0.05) is 60.7 Å². The lowest BCUT2D eigenvalue weighted by Crippen LogP contribution is -2.26. The van der Waals surface area contributed by atoms with Crippen LogP contribution in [0.15, 0.2) is 91.1 Å². The monoisotopic (exact) mass is 450 g/mol. The third-order valence-corrected chi connectivity index (χ3v) is 5.95. The largest absolute Gasteiger partial charge is 0.496 e. The van der Waals surface area contributed by atoms with Crippen molar-refractivity contribution in [1.29, 1.82) is 0 Å². The van der Waals surface area contributed by atoms with Crippen LogP contribution in [0.1, 0.15) is 21.6 Å². The summed E-state index contributed by atoms with van der Waals surface area (Å²) in [7, 11) is 1.62. The standard InChI is InChI=1S/C28H26N4O2/c1-34-27-14-8-6-12-23(27)24-17-25(31-30-24)28(33)29-16-15-21-19-32(18-20-9-3-2-4-10-20)26-13-7-5-11-22(21)26/h2-14,17,19H,15-16,18H2,1H3,(H,29,33)(H,30,31). The average Bonchev–Trinajstić information content (AvgIpc) is 3.51. The minimum absolute atomic E-state index is 0.179. The maximum Gasteiger partial charge on any atom is 0.269 e. The van der Waals surface area contributed by atoms with Gasteiger partial charge in [-0.25, -0.2) is 0 Å². The van der Waals surface area contributed by atoms with E-state index in [1.807, 2.05) is 30.3 Å². The highest BCUT2D eigenvalue weighted by molar-refractivity contribution is 5.93. The van der Waals surface area contributed by atoms with Gasteiger partial charge in [-0.15, -0.1) is 0 Å². The van der Waals surface area contributed by atoms with Crippen LogP contribution in [0.2, 0.25) is 0 Å². The molecule has 0 aliphatic rings. The van der Waals surface area contributed by atoms with Gasteiger partial charge in [0, 0.05) is 35.8 Å². The number of hydrogen-bond donors (Lipinski definition) is 2.